The molecule has 0 aromatic heterocycles. The maximum absolute atomic E-state index is 12.2. The fourth-order valence-electron chi connectivity index (χ4n) is 1.74. The molecule has 0 fully saturated rings. The monoisotopic (exact) mass is 220 g/mol. The molecule has 0 aromatic rings. The molecule has 0 saturated heterocycles. The number of rotatable bonds is 3. The topological polar surface area (TPSA) is 17.1 Å². The largest absolute Gasteiger partial charge is 0.323 e. The van der Waals surface area contributed by atoms with Crippen molar-refractivity contribution in [3.63, 3.8) is 0 Å². The van der Waals surface area contributed by atoms with E-state index in [9.17, 15) is 4.57 Å². The second kappa shape index (κ2) is 4.66. The molecule has 1 aliphatic rings. The van der Waals surface area contributed by atoms with Gasteiger partial charge in [-0.3, -0.25) is 0 Å². The molecule has 13 heavy (non-hydrogen) atoms. The standard InChI is InChI=1S/C10H18ClOP/c1-3-4-6-13(12)7-5-10(11)9(2)8-13/h5,9H,3-4,6-8H2,1-2H3/t9-,13?/m0/s1. The van der Waals surface area contributed by atoms with Crippen LogP contribution in [-0.4, -0.2) is 18.5 Å². The van der Waals surface area contributed by atoms with Gasteiger partial charge in [0.25, 0.3) is 0 Å². The highest BCUT2D eigenvalue weighted by molar-refractivity contribution is 7.64. The van der Waals surface area contributed by atoms with Crippen molar-refractivity contribution in [3.8, 4) is 0 Å². The molecule has 0 spiro atoms. The van der Waals surface area contributed by atoms with Crippen LogP contribution in [0.1, 0.15) is 26.7 Å². The van der Waals surface area contributed by atoms with Gasteiger partial charge in [-0.15, -0.1) is 0 Å². The molecule has 1 heterocycles. The highest BCUT2D eigenvalue weighted by atomic mass is 35.5. The van der Waals surface area contributed by atoms with Crippen LogP contribution in [0.25, 0.3) is 0 Å². The normalized spacial score (nSPS) is 34.4. The SMILES string of the molecule is CCCCP1(=O)CC=C(Cl)[C@@H](C)C1. The van der Waals surface area contributed by atoms with Gasteiger partial charge in [-0.1, -0.05) is 37.9 Å². The molecule has 1 aliphatic heterocycles. The van der Waals surface area contributed by atoms with E-state index < -0.39 is 7.14 Å². The molecule has 1 unspecified atom stereocenters. The van der Waals surface area contributed by atoms with Crippen LogP contribution in [0, 0.1) is 5.92 Å². The maximum atomic E-state index is 12.2. The Morgan fingerprint density at radius 2 is 2.38 bits per heavy atom. The van der Waals surface area contributed by atoms with Crippen molar-refractivity contribution in [3.05, 3.63) is 11.1 Å². The predicted octanol–water partition coefficient (Wildman–Crippen LogP) is 3.92. The molecule has 76 valence electrons. The molecule has 0 bridgehead atoms. The second-order valence-electron chi connectivity index (χ2n) is 3.99. The molecule has 3 heteroatoms. The summed E-state index contributed by atoms with van der Waals surface area (Å²) in [5.41, 5.74) is 0. The van der Waals surface area contributed by atoms with E-state index in [4.69, 9.17) is 11.6 Å². The van der Waals surface area contributed by atoms with E-state index in [1.165, 1.54) is 0 Å². The summed E-state index contributed by atoms with van der Waals surface area (Å²) < 4.78 is 12.2. The number of halogens is 1. The van der Waals surface area contributed by atoms with Crippen molar-refractivity contribution in [1.82, 2.24) is 0 Å². The van der Waals surface area contributed by atoms with Crippen LogP contribution < -0.4 is 0 Å². The van der Waals surface area contributed by atoms with Gasteiger partial charge < -0.3 is 4.57 Å². The van der Waals surface area contributed by atoms with Crippen LogP contribution in [0.2, 0.25) is 0 Å². The zero-order valence-electron chi connectivity index (χ0n) is 8.42. The van der Waals surface area contributed by atoms with E-state index in [1.54, 1.807) is 0 Å². The minimum absolute atomic E-state index is 0.318. The van der Waals surface area contributed by atoms with E-state index in [0.29, 0.717) is 5.92 Å². The third-order valence-electron chi connectivity index (χ3n) is 2.62. The Morgan fingerprint density at radius 3 is 2.92 bits per heavy atom. The Hall–Kier alpha value is 0.260. The number of allylic oxidation sites excluding steroid dienone is 2. The number of unbranched alkanes of at least 4 members (excludes halogenated alkanes) is 1. The van der Waals surface area contributed by atoms with Crippen molar-refractivity contribution < 1.29 is 4.57 Å². The summed E-state index contributed by atoms with van der Waals surface area (Å²) in [6, 6.07) is 0. The van der Waals surface area contributed by atoms with E-state index in [-0.39, 0.29) is 0 Å². The van der Waals surface area contributed by atoms with Gasteiger partial charge in [-0.2, -0.15) is 0 Å². The average molecular weight is 221 g/mol. The Kier molecular flexibility index (Phi) is 4.06. The third-order valence-corrected chi connectivity index (χ3v) is 6.33. The Bertz CT molecular complexity index is 247. The zero-order valence-corrected chi connectivity index (χ0v) is 10.1. The van der Waals surface area contributed by atoms with E-state index in [2.05, 4.69) is 13.8 Å². The minimum atomic E-state index is -1.88. The lowest BCUT2D eigenvalue weighted by Crippen LogP contribution is -2.12. The Balaban J connectivity index is 2.59. The fraction of sp³-hybridized carbons (Fsp3) is 0.800. The molecular formula is C10H18ClOP. The second-order valence-corrected chi connectivity index (χ2v) is 7.72. The molecule has 0 N–H and O–H groups in total. The lowest BCUT2D eigenvalue weighted by Gasteiger charge is -2.25. The summed E-state index contributed by atoms with van der Waals surface area (Å²) in [7, 11) is -1.88. The predicted molar refractivity (Wildman–Crippen MR) is 60.2 cm³/mol. The van der Waals surface area contributed by atoms with Gasteiger partial charge in [0.1, 0.15) is 0 Å². The first-order chi connectivity index (χ1) is 6.07. The summed E-state index contributed by atoms with van der Waals surface area (Å²) >= 11 is 5.97. The van der Waals surface area contributed by atoms with Crippen molar-refractivity contribution in [2.24, 2.45) is 5.92 Å². The minimum Gasteiger partial charge on any atom is -0.323 e. The molecular weight excluding hydrogens is 203 g/mol. The zero-order chi connectivity index (χ0) is 9.90. The first-order valence-corrected chi connectivity index (χ1v) is 7.64. The van der Waals surface area contributed by atoms with E-state index in [0.717, 1.165) is 36.4 Å². The van der Waals surface area contributed by atoms with Gasteiger partial charge >= 0.3 is 0 Å². The summed E-state index contributed by atoms with van der Waals surface area (Å²) in [5.74, 6) is 0.318. The van der Waals surface area contributed by atoms with Crippen LogP contribution >= 0.6 is 18.7 Å². The molecule has 0 aromatic carbocycles. The molecule has 0 radical (unpaired) electrons. The van der Waals surface area contributed by atoms with Gasteiger partial charge in [0, 0.05) is 23.5 Å². The van der Waals surface area contributed by atoms with Crippen LogP contribution in [0.5, 0.6) is 0 Å². The van der Waals surface area contributed by atoms with Crippen molar-refractivity contribution in [2.75, 3.05) is 18.5 Å². The van der Waals surface area contributed by atoms with Gasteiger partial charge in [-0.25, -0.2) is 0 Å². The smallest absolute Gasteiger partial charge is 0.0920 e. The van der Waals surface area contributed by atoms with Crippen molar-refractivity contribution >= 4 is 18.7 Å². The van der Waals surface area contributed by atoms with Crippen LogP contribution in [0.4, 0.5) is 0 Å². The Morgan fingerprint density at radius 1 is 1.69 bits per heavy atom. The molecule has 1 rings (SSSR count). The van der Waals surface area contributed by atoms with E-state index >= 15 is 0 Å². The molecule has 0 amide bonds. The number of hydrogen-bond acceptors (Lipinski definition) is 1. The molecule has 0 aliphatic carbocycles. The van der Waals surface area contributed by atoms with Gasteiger partial charge in [0.05, 0.1) is 7.14 Å². The quantitative estimate of drug-likeness (QED) is 0.659. The lowest BCUT2D eigenvalue weighted by molar-refractivity contribution is 0.566. The van der Waals surface area contributed by atoms with Crippen LogP contribution in [-0.2, 0) is 4.57 Å². The highest BCUT2D eigenvalue weighted by Gasteiger charge is 2.28. The summed E-state index contributed by atoms with van der Waals surface area (Å²) in [5, 5.41) is 0.906. The summed E-state index contributed by atoms with van der Waals surface area (Å²) in [6.45, 7) is 4.21. The third kappa shape index (κ3) is 3.14. The molecule has 1 nitrogen and oxygen atoms in total. The van der Waals surface area contributed by atoms with Crippen molar-refractivity contribution in [2.45, 2.75) is 26.7 Å². The maximum Gasteiger partial charge on any atom is 0.0920 e. The van der Waals surface area contributed by atoms with Crippen LogP contribution in [0.15, 0.2) is 11.1 Å². The van der Waals surface area contributed by atoms with Gasteiger partial charge in [0.2, 0.25) is 0 Å². The lowest BCUT2D eigenvalue weighted by atomic mass is 10.2. The van der Waals surface area contributed by atoms with Crippen LogP contribution in [0.3, 0.4) is 0 Å². The number of hydrogen-bond donors (Lipinski definition) is 0. The summed E-state index contributed by atoms with van der Waals surface area (Å²) in [4.78, 5) is 0. The average Bonchev–Trinajstić information content (AvgIpc) is 2.09. The van der Waals surface area contributed by atoms with Crippen molar-refractivity contribution in [1.29, 1.82) is 0 Å². The summed E-state index contributed by atoms with van der Waals surface area (Å²) in [6.07, 6.45) is 6.66. The highest BCUT2D eigenvalue weighted by Crippen LogP contribution is 2.52. The molecule has 0 saturated carbocycles. The van der Waals surface area contributed by atoms with Gasteiger partial charge in [-0.05, 0) is 12.3 Å². The fourth-order valence-corrected chi connectivity index (χ4v) is 5.25. The molecule has 2 atom stereocenters. The van der Waals surface area contributed by atoms with Gasteiger partial charge in [0.15, 0.2) is 0 Å². The van der Waals surface area contributed by atoms with E-state index in [1.807, 2.05) is 6.08 Å². The first-order valence-electron chi connectivity index (χ1n) is 5.00. The Labute approximate surface area is 85.9 Å². The first kappa shape index (κ1) is 11.3.